The molecule has 0 aromatic rings. The molecule has 114 valence electrons. The zero-order chi connectivity index (χ0) is 14.1. The molecule has 2 nitrogen and oxygen atoms in total. The van der Waals surface area contributed by atoms with Crippen molar-refractivity contribution >= 4 is 0 Å². The maximum Gasteiger partial charge on any atom is 0.0576 e. The second kappa shape index (κ2) is 8.97. The van der Waals surface area contributed by atoms with Gasteiger partial charge in [-0.15, -0.1) is 0 Å². The van der Waals surface area contributed by atoms with Gasteiger partial charge in [-0.1, -0.05) is 52.4 Å². The van der Waals surface area contributed by atoms with Crippen LogP contribution in [0.2, 0.25) is 0 Å². The molecule has 1 aliphatic heterocycles. The molecule has 0 spiro atoms. The van der Waals surface area contributed by atoms with Crippen molar-refractivity contribution in [2.45, 2.75) is 103 Å². The Bertz CT molecular complexity index is 229. The summed E-state index contributed by atoms with van der Waals surface area (Å²) < 4.78 is 0. The minimum absolute atomic E-state index is 0.307. The number of rotatable bonds is 9. The predicted molar refractivity (Wildman–Crippen MR) is 85.2 cm³/mol. The van der Waals surface area contributed by atoms with E-state index in [-0.39, 0.29) is 0 Å². The molecule has 0 aromatic heterocycles. The Morgan fingerprint density at radius 2 is 1.68 bits per heavy atom. The van der Waals surface area contributed by atoms with Crippen LogP contribution in [0.15, 0.2) is 0 Å². The van der Waals surface area contributed by atoms with E-state index in [2.05, 4.69) is 25.7 Å². The molecule has 2 N–H and O–H groups in total. The first kappa shape index (κ1) is 17.0. The normalized spacial score (nSPS) is 24.3. The zero-order valence-electron chi connectivity index (χ0n) is 13.6. The quantitative estimate of drug-likeness (QED) is 0.615. The molecule has 2 atom stereocenters. The molecule has 0 amide bonds. The van der Waals surface area contributed by atoms with Gasteiger partial charge in [0.25, 0.3) is 0 Å². The molecule has 2 heteroatoms. The van der Waals surface area contributed by atoms with Gasteiger partial charge in [-0.3, -0.25) is 4.90 Å². The van der Waals surface area contributed by atoms with E-state index < -0.39 is 0 Å². The Morgan fingerprint density at radius 1 is 1.00 bits per heavy atom. The van der Waals surface area contributed by atoms with Crippen LogP contribution in [0.5, 0.6) is 0 Å². The molecular weight excluding hydrogens is 232 g/mol. The van der Waals surface area contributed by atoms with E-state index in [0.717, 1.165) is 0 Å². The number of hydrogen-bond acceptors (Lipinski definition) is 2. The lowest BCUT2D eigenvalue weighted by Gasteiger charge is -2.47. The fourth-order valence-corrected chi connectivity index (χ4v) is 3.53. The number of nitrogens with zero attached hydrogens (tertiary/aromatic N) is 1. The number of unbranched alkanes of at least 4 members (excludes halogenated alkanes) is 4. The van der Waals surface area contributed by atoms with Crippen LogP contribution in [0, 0.1) is 0 Å². The number of likely N-dealkylation sites (tertiary alicyclic amines) is 1. The highest BCUT2D eigenvalue weighted by molar-refractivity contribution is 4.90. The molecule has 2 unspecified atom stereocenters. The van der Waals surface area contributed by atoms with Crippen LogP contribution in [-0.2, 0) is 0 Å². The SMILES string of the molecule is CCCCCCC(C)(CCCC)N1CCCCC1N. The number of nitrogens with two attached hydrogens (primary N) is 1. The maximum atomic E-state index is 6.39. The van der Waals surface area contributed by atoms with E-state index in [9.17, 15) is 0 Å². The van der Waals surface area contributed by atoms with Crippen LogP contribution < -0.4 is 5.73 Å². The van der Waals surface area contributed by atoms with Crippen molar-refractivity contribution in [3.05, 3.63) is 0 Å². The van der Waals surface area contributed by atoms with Crippen LogP contribution in [0.3, 0.4) is 0 Å². The van der Waals surface area contributed by atoms with Crippen molar-refractivity contribution < 1.29 is 0 Å². The van der Waals surface area contributed by atoms with Gasteiger partial charge >= 0.3 is 0 Å². The van der Waals surface area contributed by atoms with Crippen LogP contribution in [0.25, 0.3) is 0 Å². The molecular formula is C17H36N2. The lowest BCUT2D eigenvalue weighted by atomic mass is 9.84. The van der Waals surface area contributed by atoms with Crippen LogP contribution >= 0.6 is 0 Å². The minimum Gasteiger partial charge on any atom is -0.316 e. The summed E-state index contributed by atoms with van der Waals surface area (Å²) in [6, 6.07) is 0. The van der Waals surface area contributed by atoms with E-state index >= 15 is 0 Å². The van der Waals surface area contributed by atoms with Crippen molar-refractivity contribution in [2.24, 2.45) is 5.73 Å². The van der Waals surface area contributed by atoms with Gasteiger partial charge < -0.3 is 5.73 Å². The maximum absolute atomic E-state index is 6.39. The topological polar surface area (TPSA) is 29.3 Å². The molecule has 0 aromatic carbocycles. The van der Waals surface area contributed by atoms with Crippen LogP contribution in [-0.4, -0.2) is 23.1 Å². The summed E-state index contributed by atoms with van der Waals surface area (Å²) in [5, 5.41) is 0. The van der Waals surface area contributed by atoms with Crippen molar-refractivity contribution in [3.8, 4) is 0 Å². The van der Waals surface area contributed by atoms with E-state index in [1.165, 1.54) is 77.2 Å². The molecule has 19 heavy (non-hydrogen) atoms. The Labute approximate surface area is 121 Å². The molecule has 1 heterocycles. The van der Waals surface area contributed by atoms with Crippen molar-refractivity contribution in [2.75, 3.05) is 6.54 Å². The number of piperidine rings is 1. The van der Waals surface area contributed by atoms with Gasteiger partial charge in [0.15, 0.2) is 0 Å². The van der Waals surface area contributed by atoms with Gasteiger partial charge in [0.1, 0.15) is 0 Å². The van der Waals surface area contributed by atoms with Crippen molar-refractivity contribution in [3.63, 3.8) is 0 Å². The molecule has 0 bridgehead atoms. The van der Waals surface area contributed by atoms with E-state index in [0.29, 0.717) is 11.7 Å². The summed E-state index contributed by atoms with van der Waals surface area (Å²) in [5.74, 6) is 0. The van der Waals surface area contributed by atoms with Gasteiger partial charge in [0.2, 0.25) is 0 Å². The molecule has 1 fully saturated rings. The molecule has 0 saturated carbocycles. The molecule has 1 aliphatic rings. The second-order valence-corrected chi connectivity index (χ2v) is 6.67. The van der Waals surface area contributed by atoms with E-state index in [1.807, 2.05) is 0 Å². The van der Waals surface area contributed by atoms with Gasteiger partial charge in [-0.25, -0.2) is 0 Å². The summed E-state index contributed by atoms with van der Waals surface area (Å²) in [5.41, 5.74) is 6.74. The summed E-state index contributed by atoms with van der Waals surface area (Å²) >= 11 is 0. The monoisotopic (exact) mass is 268 g/mol. The minimum atomic E-state index is 0.307. The third-order valence-corrected chi connectivity index (χ3v) is 4.88. The van der Waals surface area contributed by atoms with Gasteiger partial charge in [0, 0.05) is 12.1 Å². The molecule has 1 rings (SSSR count). The summed E-state index contributed by atoms with van der Waals surface area (Å²) in [4.78, 5) is 2.64. The van der Waals surface area contributed by atoms with E-state index in [1.54, 1.807) is 0 Å². The Balaban J connectivity index is 2.56. The first-order chi connectivity index (χ1) is 9.14. The predicted octanol–water partition coefficient (Wildman–Crippen LogP) is 4.68. The third-order valence-electron chi connectivity index (χ3n) is 4.88. The van der Waals surface area contributed by atoms with Crippen LogP contribution in [0.1, 0.15) is 91.4 Å². The van der Waals surface area contributed by atoms with Gasteiger partial charge in [-0.05, 0) is 39.0 Å². The molecule has 1 saturated heterocycles. The zero-order valence-corrected chi connectivity index (χ0v) is 13.6. The Hall–Kier alpha value is -0.0800. The van der Waals surface area contributed by atoms with Gasteiger partial charge in [0.05, 0.1) is 6.17 Å². The third kappa shape index (κ3) is 5.43. The standard InChI is InChI=1S/C17H36N2/c1-4-6-8-10-14-17(3,13-7-5-2)19-15-11-9-12-16(19)18/h16H,4-15,18H2,1-3H3. The molecule has 0 radical (unpaired) electrons. The van der Waals surface area contributed by atoms with Crippen molar-refractivity contribution in [1.29, 1.82) is 0 Å². The van der Waals surface area contributed by atoms with Gasteiger partial charge in [-0.2, -0.15) is 0 Å². The second-order valence-electron chi connectivity index (χ2n) is 6.67. The fourth-order valence-electron chi connectivity index (χ4n) is 3.53. The number of hydrogen-bond donors (Lipinski definition) is 1. The Morgan fingerprint density at radius 3 is 2.32 bits per heavy atom. The lowest BCUT2D eigenvalue weighted by molar-refractivity contribution is 0.0159. The van der Waals surface area contributed by atoms with E-state index in [4.69, 9.17) is 5.73 Å². The summed E-state index contributed by atoms with van der Waals surface area (Å²) in [6.45, 7) is 8.28. The Kier molecular flexibility index (Phi) is 8.01. The first-order valence-electron chi connectivity index (χ1n) is 8.66. The highest BCUT2D eigenvalue weighted by Crippen LogP contribution is 2.32. The first-order valence-corrected chi connectivity index (χ1v) is 8.66. The smallest absolute Gasteiger partial charge is 0.0576 e. The summed E-state index contributed by atoms with van der Waals surface area (Å²) in [7, 11) is 0. The highest BCUT2D eigenvalue weighted by atomic mass is 15.3. The van der Waals surface area contributed by atoms with Crippen LogP contribution in [0.4, 0.5) is 0 Å². The van der Waals surface area contributed by atoms with Crippen molar-refractivity contribution in [1.82, 2.24) is 4.90 Å². The largest absolute Gasteiger partial charge is 0.316 e. The highest BCUT2D eigenvalue weighted by Gasteiger charge is 2.35. The average Bonchev–Trinajstić information content (AvgIpc) is 2.42. The molecule has 0 aliphatic carbocycles. The average molecular weight is 268 g/mol. The summed E-state index contributed by atoms with van der Waals surface area (Å²) in [6.07, 6.45) is 14.9. The lowest BCUT2D eigenvalue weighted by Crippen LogP contribution is -2.57. The fraction of sp³-hybridized carbons (Fsp3) is 1.00.